The lowest BCUT2D eigenvalue weighted by atomic mass is 10.2. The third-order valence-electron chi connectivity index (χ3n) is 1.15. The molecular weight excluding hydrogens is 180 g/mol. The van der Waals surface area contributed by atoms with E-state index in [4.69, 9.17) is 0 Å². The van der Waals surface area contributed by atoms with Crippen molar-refractivity contribution in [2.75, 3.05) is 6.54 Å². The number of hydrogen-bond donors (Lipinski definition) is 0. The highest BCUT2D eigenvalue weighted by atomic mass is 19.4. The summed E-state index contributed by atoms with van der Waals surface area (Å²) >= 11 is 0. The molecule has 3 nitrogen and oxygen atoms in total. The SMILES string of the molecule is CC(=O)CC(CN(F)F)N(F)F. The van der Waals surface area contributed by atoms with Crippen molar-refractivity contribution in [2.45, 2.75) is 19.4 Å². The molecule has 0 radical (unpaired) electrons. The van der Waals surface area contributed by atoms with Crippen LogP contribution >= 0.6 is 0 Å². The smallest absolute Gasteiger partial charge is 0.131 e. The van der Waals surface area contributed by atoms with Gasteiger partial charge in [0.25, 0.3) is 0 Å². The molecule has 0 bridgehead atoms. The van der Waals surface area contributed by atoms with Gasteiger partial charge in [-0.3, -0.25) is 4.79 Å². The molecular formula is C5H8F4N2O. The van der Waals surface area contributed by atoms with E-state index in [9.17, 15) is 22.7 Å². The Balaban J connectivity index is 3.95. The molecule has 0 amide bonds. The molecule has 7 heteroatoms. The standard InChI is InChI=1S/C5H8F4N2O/c1-4(12)2-5(11(8)9)3-10(6)7/h5H,2-3H2,1H3. The lowest BCUT2D eigenvalue weighted by Gasteiger charge is -2.14. The van der Waals surface area contributed by atoms with Crippen LogP contribution in [0.4, 0.5) is 17.9 Å². The average molecular weight is 188 g/mol. The van der Waals surface area contributed by atoms with Crippen LogP contribution in [0.3, 0.4) is 0 Å². The molecule has 0 fully saturated rings. The first-order valence-electron chi connectivity index (χ1n) is 3.12. The van der Waals surface area contributed by atoms with Crippen LogP contribution in [-0.4, -0.2) is 29.1 Å². The van der Waals surface area contributed by atoms with Gasteiger partial charge < -0.3 is 0 Å². The lowest BCUT2D eigenvalue weighted by Crippen LogP contribution is -2.32. The van der Waals surface area contributed by atoms with Gasteiger partial charge in [-0.1, -0.05) is 0 Å². The number of hydrogen-bond acceptors (Lipinski definition) is 3. The molecule has 0 N–H and O–H groups in total. The van der Waals surface area contributed by atoms with Gasteiger partial charge in [-0.2, -0.15) is 0 Å². The molecule has 0 aliphatic carbocycles. The van der Waals surface area contributed by atoms with E-state index in [-0.39, 0.29) is 0 Å². The number of halogens is 4. The zero-order valence-corrected chi connectivity index (χ0v) is 6.31. The molecule has 0 aliphatic rings. The largest absolute Gasteiger partial charge is 0.300 e. The maximum Gasteiger partial charge on any atom is 0.131 e. The highest BCUT2D eigenvalue weighted by Crippen LogP contribution is 2.09. The first-order valence-corrected chi connectivity index (χ1v) is 3.12. The van der Waals surface area contributed by atoms with E-state index in [0.717, 1.165) is 6.92 Å². The second-order valence-corrected chi connectivity index (χ2v) is 2.30. The Kier molecular flexibility index (Phi) is 4.75. The van der Waals surface area contributed by atoms with Gasteiger partial charge in [0.05, 0.1) is 12.6 Å². The number of Topliss-reactive ketones (excluding diaryl/α,β-unsaturated/α-hetero) is 1. The quantitative estimate of drug-likeness (QED) is 0.482. The summed E-state index contributed by atoms with van der Waals surface area (Å²) in [7, 11) is 0. The summed E-state index contributed by atoms with van der Waals surface area (Å²) in [6.45, 7) is -0.0795. The Morgan fingerprint density at radius 2 is 1.83 bits per heavy atom. The Labute approximate surface area is 66.3 Å². The second kappa shape index (κ2) is 5.04. The summed E-state index contributed by atoms with van der Waals surface area (Å²) in [6, 6.07) is -1.74. The van der Waals surface area contributed by atoms with E-state index in [1.807, 2.05) is 0 Å². The zero-order valence-electron chi connectivity index (χ0n) is 6.31. The van der Waals surface area contributed by atoms with Crippen LogP contribution in [-0.2, 0) is 4.79 Å². The van der Waals surface area contributed by atoms with Crippen LogP contribution in [0.15, 0.2) is 0 Å². The summed E-state index contributed by atoms with van der Waals surface area (Å²) in [4.78, 5) is 10.3. The van der Waals surface area contributed by atoms with Crippen LogP contribution in [0.1, 0.15) is 13.3 Å². The average Bonchev–Trinajstić information content (AvgIpc) is 1.83. The van der Waals surface area contributed by atoms with E-state index in [2.05, 4.69) is 0 Å². The molecule has 0 spiro atoms. The summed E-state index contributed by atoms with van der Waals surface area (Å²) in [5.41, 5.74) is 0. The van der Waals surface area contributed by atoms with Gasteiger partial charge in [0.15, 0.2) is 0 Å². The first-order chi connectivity index (χ1) is 5.43. The molecule has 72 valence electrons. The van der Waals surface area contributed by atoms with Gasteiger partial charge in [0.1, 0.15) is 5.78 Å². The van der Waals surface area contributed by atoms with Crippen molar-refractivity contribution >= 4 is 5.78 Å². The van der Waals surface area contributed by atoms with E-state index in [1.54, 1.807) is 0 Å². The minimum atomic E-state index is -1.74. The van der Waals surface area contributed by atoms with Gasteiger partial charge in [0.2, 0.25) is 0 Å². The fraction of sp³-hybridized carbons (Fsp3) is 0.800. The molecule has 0 aromatic heterocycles. The van der Waals surface area contributed by atoms with Crippen molar-refractivity contribution < 1.29 is 22.7 Å². The molecule has 1 unspecified atom stereocenters. The number of carbonyl (C=O) groups is 1. The summed E-state index contributed by atoms with van der Waals surface area (Å²) in [6.07, 6.45) is -0.586. The minimum absolute atomic E-state index is 0.554. The molecule has 0 aromatic rings. The molecule has 0 heterocycles. The number of carbonyl (C=O) groups excluding carboxylic acids is 1. The molecule has 1 atom stereocenters. The Bertz CT molecular complexity index is 152. The van der Waals surface area contributed by atoms with Gasteiger partial charge in [-0.05, 0) is 6.92 Å². The molecule has 0 saturated heterocycles. The molecule has 0 rings (SSSR count). The maximum atomic E-state index is 11.7. The van der Waals surface area contributed by atoms with Crippen LogP contribution < -0.4 is 0 Å². The van der Waals surface area contributed by atoms with E-state index in [0.29, 0.717) is 0 Å². The summed E-state index contributed by atoms with van der Waals surface area (Å²) in [5.74, 6) is -0.554. The predicted octanol–water partition coefficient (Wildman–Crippen LogP) is 1.48. The van der Waals surface area contributed by atoms with Gasteiger partial charge >= 0.3 is 0 Å². The van der Waals surface area contributed by atoms with Crippen molar-refractivity contribution in [3.8, 4) is 0 Å². The summed E-state index contributed by atoms with van der Waals surface area (Å²) in [5, 5.41) is -2.76. The van der Waals surface area contributed by atoms with E-state index in [1.165, 1.54) is 0 Å². The third-order valence-corrected chi connectivity index (χ3v) is 1.15. The van der Waals surface area contributed by atoms with E-state index < -0.39 is 35.5 Å². The normalized spacial score (nSPS) is 13.9. The maximum absolute atomic E-state index is 11.7. The molecule has 12 heavy (non-hydrogen) atoms. The highest BCUT2D eigenvalue weighted by molar-refractivity contribution is 5.76. The van der Waals surface area contributed by atoms with Crippen molar-refractivity contribution in [1.82, 2.24) is 10.7 Å². The van der Waals surface area contributed by atoms with Crippen LogP contribution in [0.2, 0.25) is 0 Å². The fourth-order valence-electron chi connectivity index (χ4n) is 0.686. The molecule has 0 aliphatic heterocycles. The highest BCUT2D eigenvalue weighted by Gasteiger charge is 2.23. The zero-order chi connectivity index (χ0) is 9.72. The topological polar surface area (TPSA) is 23.6 Å². The fourth-order valence-corrected chi connectivity index (χ4v) is 0.686. The Morgan fingerprint density at radius 1 is 1.33 bits per heavy atom. The number of ketones is 1. The van der Waals surface area contributed by atoms with Crippen LogP contribution in [0.5, 0.6) is 0 Å². The lowest BCUT2D eigenvalue weighted by molar-refractivity contribution is -0.230. The number of rotatable bonds is 5. The first kappa shape index (κ1) is 11.3. The summed E-state index contributed by atoms with van der Waals surface area (Å²) < 4.78 is 46.4. The van der Waals surface area contributed by atoms with Gasteiger partial charge in [-0.25, -0.2) is 0 Å². The number of nitrogens with zero attached hydrogens (tertiary/aromatic N) is 2. The van der Waals surface area contributed by atoms with Gasteiger partial charge in [-0.15, -0.1) is 17.9 Å². The second-order valence-electron chi connectivity index (χ2n) is 2.30. The third kappa shape index (κ3) is 5.03. The predicted molar refractivity (Wildman–Crippen MR) is 32.1 cm³/mol. The molecule has 0 saturated carbocycles. The minimum Gasteiger partial charge on any atom is -0.300 e. The van der Waals surface area contributed by atoms with Crippen LogP contribution in [0, 0.1) is 0 Å². The Morgan fingerprint density at radius 3 is 2.08 bits per heavy atom. The monoisotopic (exact) mass is 188 g/mol. The van der Waals surface area contributed by atoms with Crippen LogP contribution in [0.25, 0.3) is 0 Å². The molecule has 0 aromatic carbocycles. The van der Waals surface area contributed by atoms with Crippen molar-refractivity contribution in [3.63, 3.8) is 0 Å². The van der Waals surface area contributed by atoms with Crippen molar-refractivity contribution in [2.24, 2.45) is 0 Å². The van der Waals surface area contributed by atoms with Crippen molar-refractivity contribution in [1.29, 1.82) is 0 Å². The van der Waals surface area contributed by atoms with Gasteiger partial charge in [0, 0.05) is 17.1 Å². The Hall–Kier alpha value is -0.690. The van der Waals surface area contributed by atoms with E-state index >= 15 is 0 Å². The van der Waals surface area contributed by atoms with Crippen molar-refractivity contribution in [3.05, 3.63) is 0 Å².